The van der Waals surface area contributed by atoms with Crippen LogP contribution in [-0.2, 0) is 23.5 Å². The molecule has 0 saturated heterocycles. The number of fused-ring (bicyclic) bond motifs is 1. The van der Waals surface area contributed by atoms with E-state index in [2.05, 4.69) is 5.10 Å². The van der Waals surface area contributed by atoms with Crippen molar-refractivity contribution in [2.24, 2.45) is 7.05 Å². The van der Waals surface area contributed by atoms with E-state index < -0.39 is 14.9 Å². The van der Waals surface area contributed by atoms with Crippen LogP contribution in [0.25, 0.3) is 0 Å². The Morgan fingerprint density at radius 3 is 2.83 bits per heavy atom. The minimum Gasteiger partial charge on any atom is -0.270 e. The summed E-state index contributed by atoms with van der Waals surface area (Å²) in [7, 11) is -2.09. The fraction of sp³-hybridized carbons (Fsp3) is 0.357. The van der Waals surface area contributed by atoms with Crippen molar-refractivity contribution in [3.63, 3.8) is 0 Å². The molecule has 0 aliphatic carbocycles. The monoisotopic (exact) mass is 336 g/mol. The highest BCUT2D eigenvalue weighted by molar-refractivity contribution is 7.92. The van der Waals surface area contributed by atoms with E-state index in [-0.39, 0.29) is 10.6 Å². The molecule has 0 atom stereocenters. The van der Waals surface area contributed by atoms with Crippen LogP contribution in [0.3, 0.4) is 0 Å². The molecule has 122 valence electrons. The maximum atomic E-state index is 13.0. The fourth-order valence-electron chi connectivity index (χ4n) is 2.75. The number of aryl methyl sites for hydroxylation is 1. The van der Waals surface area contributed by atoms with Gasteiger partial charge in [-0.3, -0.25) is 19.1 Å². The lowest BCUT2D eigenvalue weighted by atomic mass is 10.2. The van der Waals surface area contributed by atoms with E-state index in [1.54, 1.807) is 11.7 Å². The van der Waals surface area contributed by atoms with Gasteiger partial charge in [-0.15, -0.1) is 0 Å². The summed E-state index contributed by atoms with van der Waals surface area (Å²) in [6.45, 7) is 0.337. The molecule has 0 saturated carbocycles. The molecule has 1 aromatic heterocycles. The Labute approximate surface area is 133 Å². The van der Waals surface area contributed by atoms with Crippen molar-refractivity contribution in [2.75, 3.05) is 10.8 Å². The number of rotatable bonds is 3. The van der Waals surface area contributed by atoms with Crippen molar-refractivity contribution in [3.05, 3.63) is 46.3 Å². The van der Waals surface area contributed by atoms with Gasteiger partial charge in [-0.1, -0.05) is 6.07 Å². The Kier molecular flexibility index (Phi) is 3.80. The first-order valence-corrected chi connectivity index (χ1v) is 8.63. The number of benzene rings is 1. The lowest BCUT2D eigenvalue weighted by Crippen LogP contribution is -2.31. The molecule has 8 nitrogen and oxygen atoms in total. The Morgan fingerprint density at radius 2 is 2.09 bits per heavy atom. The van der Waals surface area contributed by atoms with E-state index in [1.807, 2.05) is 0 Å². The van der Waals surface area contributed by atoms with E-state index in [4.69, 9.17) is 0 Å². The zero-order valence-corrected chi connectivity index (χ0v) is 13.4. The summed E-state index contributed by atoms with van der Waals surface area (Å²) < 4.78 is 28.9. The van der Waals surface area contributed by atoms with Gasteiger partial charge >= 0.3 is 0 Å². The largest absolute Gasteiger partial charge is 0.270 e. The molecule has 1 aromatic carbocycles. The second-order valence-corrected chi connectivity index (χ2v) is 7.25. The number of nitro groups is 1. The average molecular weight is 336 g/mol. The van der Waals surface area contributed by atoms with Crippen LogP contribution in [-0.4, -0.2) is 29.7 Å². The van der Waals surface area contributed by atoms with Gasteiger partial charge in [0, 0.05) is 25.7 Å². The second kappa shape index (κ2) is 5.65. The number of nitro benzene ring substituents is 1. The van der Waals surface area contributed by atoms with Crippen molar-refractivity contribution in [2.45, 2.75) is 24.2 Å². The van der Waals surface area contributed by atoms with Crippen LogP contribution in [0.1, 0.15) is 18.5 Å². The molecule has 23 heavy (non-hydrogen) atoms. The second-order valence-electron chi connectivity index (χ2n) is 5.39. The van der Waals surface area contributed by atoms with Crippen LogP contribution < -0.4 is 4.31 Å². The fourth-order valence-corrected chi connectivity index (χ4v) is 4.31. The van der Waals surface area contributed by atoms with E-state index in [1.165, 1.54) is 28.7 Å². The number of hydrogen-bond acceptors (Lipinski definition) is 5. The van der Waals surface area contributed by atoms with Gasteiger partial charge in [-0.25, -0.2) is 8.42 Å². The summed E-state index contributed by atoms with van der Waals surface area (Å²) in [4.78, 5) is 10.2. The van der Waals surface area contributed by atoms with Gasteiger partial charge in [0.1, 0.15) is 0 Å². The third-order valence-electron chi connectivity index (χ3n) is 3.95. The molecule has 0 N–H and O–H groups in total. The molecule has 0 fully saturated rings. The van der Waals surface area contributed by atoms with Crippen LogP contribution in [0.4, 0.5) is 11.4 Å². The van der Waals surface area contributed by atoms with Crippen molar-refractivity contribution >= 4 is 21.4 Å². The Bertz CT molecular complexity index is 859. The molecule has 0 spiro atoms. The highest BCUT2D eigenvalue weighted by atomic mass is 32.2. The maximum Gasteiger partial charge on any atom is 0.270 e. The van der Waals surface area contributed by atoms with Crippen LogP contribution in [0.5, 0.6) is 0 Å². The van der Waals surface area contributed by atoms with Gasteiger partial charge < -0.3 is 0 Å². The third-order valence-corrected chi connectivity index (χ3v) is 5.76. The first-order chi connectivity index (χ1) is 10.9. The number of hydrogen-bond donors (Lipinski definition) is 0. The van der Waals surface area contributed by atoms with Crippen LogP contribution in [0.15, 0.2) is 35.4 Å². The zero-order valence-electron chi connectivity index (χ0n) is 12.5. The highest BCUT2D eigenvalue weighted by Crippen LogP contribution is 2.31. The summed E-state index contributed by atoms with van der Waals surface area (Å²) in [6, 6.07) is 5.13. The molecule has 2 heterocycles. The molecule has 2 aromatic rings. The summed E-state index contributed by atoms with van der Waals surface area (Å²) in [5.74, 6) is 0. The number of non-ortho nitro benzene ring substituents is 1. The average Bonchev–Trinajstić information content (AvgIpc) is 2.75. The van der Waals surface area contributed by atoms with Crippen molar-refractivity contribution in [1.82, 2.24) is 9.78 Å². The molecule has 9 heteroatoms. The summed E-state index contributed by atoms with van der Waals surface area (Å²) in [5, 5.41) is 15.0. The predicted octanol–water partition coefficient (Wildman–Crippen LogP) is 1.86. The zero-order chi connectivity index (χ0) is 16.6. The molecule has 3 rings (SSSR count). The topological polar surface area (TPSA) is 98.3 Å². The Morgan fingerprint density at radius 1 is 1.30 bits per heavy atom. The van der Waals surface area contributed by atoms with Crippen molar-refractivity contribution in [1.29, 1.82) is 0 Å². The first-order valence-electron chi connectivity index (χ1n) is 7.19. The Balaban J connectivity index is 2.09. The molecule has 0 bridgehead atoms. The third kappa shape index (κ3) is 2.67. The van der Waals surface area contributed by atoms with Gasteiger partial charge in [-0.2, -0.15) is 5.10 Å². The van der Waals surface area contributed by atoms with Gasteiger partial charge in [0.05, 0.1) is 27.4 Å². The molecule has 0 radical (unpaired) electrons. The highest BCUT2D eigenvalue weighted by Gasteiger charge is 2.30. The first kappa shape index (κ1) is 15.5. The van der Waals surface area contributed by atoms with Gasteiger partial charge in [-0.05, 0) is 25.3 Å². The summed E-state index contributed by atoms with van der Waals surface area (Å²) in [5.41, 5.74) is 1.17. The predicted molar refractivity (Wildman–Crippen MR) is 83.8 cm³/mol. The van der Waals surface area contributed by atoms with Gasteiger partial charge in [0.2, 0.25) is 0 Å². The molecule has 1 aliphatic heterocycles. The number of anilines is 1. The normalized spacial score (nSPS) is 15.1. The maximum absolute atomic E-state index is 13.0. The molecule has 0 unspecified atom stereocenters. The smallest absolute Gasteiger partial charge is 0.270 e. The minimum absolute atomic E-state index is 0.0802. The minimum atomic E-state index is -3.87. The number of aromatic nitrogens is 2. The molecule has 0 amide bonds. The van der Waals surface area contributed by atoms with E-state index in [0.717, 1.165) is 31.0 Å². The molecule has 1 aliphatic rings. The van der Waals surface area contributed by atoms with E-state index in [0.29, 0.717) is 12.2 Å². The molecular formula is C14H16N4O4S. The lowest BCUT2D eigenvalue weighted by molar-refractivity contribution is -0.385. The van der Waals surface area contributed by atoms with E-state index >= 15 is 0 Å². The SMILES string of the molecule is Cn1ncc2c1CCCCN2S(=O)(=O)c1cccc([N+](=O)[O-])c1. The standard InChI is InChI=1S/C14H16N4O4S/c1-16-13-7-2-3-8-17(14(13)10-15-16)23(21,22)12-6-4-5-11(9-12)18(19)20/h4-6,9-10H,2-3,7-8H2,1H3. The summed E-state index contributed by atoms with van der Waals surface area (Å²) >= 11 is 0. The van der Waals surface area contributed by atoms with Gasteiger partial charge in [0.15, 0.2) is 0 Å². The quantitative estimate of drug-likeness (QED) is 0.629. The van der Waals surface area contributed by atoms with Crippen molar-refractivity contribution < 1.29 is 13.3 Å². The number of nitrogens with zero attached hydrogens (tertiary/aromatic N) is 4. The molecular weight excluding hydrogens is 320 g/mol. The van der Waals surface area contributed by atoms with Gasteiger partial charge in [0.25, 0.3) is 15.7 Å². The lowest BCUT2D eigenvalue weighted by Gasteiger charge is -2.22. The van der Waals surface area contributed by atoms with Crippen LogP contribution >= 0.6 is 0 Å². The summed E-state index contributed by atoms with van der Waals surface area (Å²) in [6.07, 6.45) is 3.89. The van der Waals surface area contributed by atoms with Crippen LogP contribution in [0, 0.1) is 10.1 Å². The van der Waals surface area contributed by atoms with Crippen LogP contribution in [0.2, 0.25) is 0 Å². The van der Waals surface area contributed by atoms with E-state index in [9.17, 15) is 18.5 Å². The van der Waals surface area contributed by atoms with Crippen molar-refractivity contribution in [3.8, 4) is 0 Å². The Hall–Kier alpha value is -2.42. The number of sulfonamides is 1.